The van der Waals surface area contributed by atoms with Crippen molar-refractivity contribution in [2.45, 2.75) is 5.25 Å². The standard InChI is InChI=1S/C3H3F2NS/c1-7-3(4,5)2-6/h1H3. The molecule has 0 amide bonds. The first-order valence-electron chi connectivity index (χ1n) is 1.46. The Morgan fingerprint density at radius 1 is 1.71 bits per heavy atom. The van der Waals surface area contributed by atoms with E-state index in [1.807, 2.05) is 0 Å². The Hall–Kier alpha value is -0.300. The van der Waals surface area contributed by atoms with Crippen molar-refractivity contribution in [1.29, 1.82) is 5.26 Å². The van der Waals surface area contributed by atoms with Crippen molar-refractivity contribution in [3.8, 4) is 6.07 Å². The first-order chi connectivity index (χ1) is 3.12. The number of thioether (sulfide) groups is 1. The third kappa shape index (κ3) is 2.40. The fraction of sp³-hybridized carbons (Fsp3) is 0.667. The molecule has 0 saturated heterocycles. The Morgan fingerprint density at radius 2 is 2.14 bits per heavy atom. The third-order valence-corrected chi connectivity index (χ3v) is 0.991. The van der Waals surface area contributed by atoms with Gasteiger partial charge in [-0.2, -0.15) is 14.0 Å². The molecule has 0 N–H and O–H groups in total. The zero-order valence-electron chi connectivity index (χ0n) is 3.61. The molecule has 0 aliphatic heterocycles. The highest BCUT2D eigenvalue weighted by Crippen LogP contribution is 2.23. The second kappa shape index (κ2) is 2.12. The van der Waals surface area contributed by atoms with E-state index in [-0.39, 0.29) is 11.8 Å². The third-order valence-electron chi connectivity index (χ3n) is 0.387. The summed E-state index contributed by atoms with van der Waals surface area (Å²) < 4.78 is 23.0. The molecule has 0 rings (SSSR count). The van der Waals surface area contributed by atoms with E-state index in [0.29, 0.717) is 0 Å². The van der Waals surface area contributed by atoms with E-state index in [0.717, 1.165) is 6.07 Å². The minimum Gasteiger partial charge on any atom is -0.191 e. The summed E-state index contributed by atoms with van der Waals surface area (Å²) in [5, 5.41) is 4.38. The normalized spacial score (nSPS) is 10.6. The van der Waals surface area contributed by atoms with Crippen LogP contribution in [0.25, 0.3) is 0 Å². The lowest BCUT2D eigenvalue weighted by Crippen LogP contribution is -2.03. The van der Waals surface area contributed by atoms with Gasteiger partial charge < -0.3 is 0 Å². The number of alkyl halides is 2. The van der Waals surface area contributed by atoms with Crippen molar-refractivity contribution in [2.75, 3.05) is 6.26 Å². The SMILES string of the molecule is CSC(F)(F)C#N. The second-order valence-electron chi connectivity index (χ2n) is 0.833. The Balaban J connectivity index is 3.66. The molecular weight excluding hydrogens is 120 g/mol. The lowest BCUT2D eigenvalue weighted by Gasteiger charge is -1.97. The van der Waals surface area contributed by atoms with Crippen LogP contribution in [0.2, 0.25) is 0 Å². The van der Waals surface area contributed by atoms with Gasteiger partial charge in [-0.25, -0.2) is 0 Å². The average molecular weight is 123 g/mol. The molecule has 0 aromatic heterocycles. The molecule has 0 radical (unpaired) electrons. The number of hydrogen-bond acceptors (Lipinski definition) is 2. The van der Waals surface area contributed by atoms with Crippen LogP contribution in [0, 0.1) is 11.3 Å². The van der Waals surface area contributed by atoms with Gasteiger partial charge in [-0.1, -0.05) is 11.8 Å². The molecule has 7 heavy (non-hydrogen) atoms. The molecular formula is C3H3F2NS. The summed E-state index contributed by atoms with van der Waals surface area (Å²) in [6, 6.07) is 0.821. The van der Waals surface area contributed by atoms with Crippen LogP contribution in [0.5, 0.6) is 0 Å². The maximum atomic E-state index is 11.5. The largest absolute Gasteiger partial charge is 0.379 e. The Bertz CT molecular complexity index is 95.6. The number of hydrogen-bond donors (Lipinski definition) is 0. The molecule has 0 aromatic rings. The smallest absolute Gasteiger partial charge is 0.191 e. The second-order valence-corrected chi connectivity index (χ2v) is 1.75. The van der Waals surface area contributed by atoms with E-state index in [2.05, 4.69) is 0 Å². The van der Waals surface area contributed by atoms with Gasteiger partial charge in [-0.05, 0) is 6.26 Å². The number of halogens is 2. The van der Waals surface area contributed by atoms with Crippen molar-refractivity contribution >= 4 is 11.8 Å². The summed E-state index contributed by atoms with van der Waals surface area (Å²) >= 11 is 0.233. The molecule has 4 heteroatoms. The summed E-state index contributed by atoms with van der Waals surface area (Å²) in [5.41, 5.74) is 0. The van der Waals surface area contributed by atoms with Crippen LogP contribution in [0.1, 0.15) is 0 Å². The van der Waals surface area contributed by atoms with Crippen molar-refractivity contribution in [3.63, 3.8) is 0 Å². The lowest BCUT2D eigenvalue weighted by molar-refractivity contribution is 0.171. The van der Waals surface area contributed by atoms with E-state index in [1.54, 1.807) is 0 Å². The summed E-state index contributed by atoms with van der Waals surface area (Å²) in [6.07, 6.45) is 1.18. The van der Waals surface area contributed by atoms with Gasteiger partial charge in [0.25, 0.3) is 0 Å². The molecule has 0 bridgehead atoms. The van der Waals surface area contributed by atoms with Crippen LogP contribution in [0.15, 0.2) is 0 Å². The highest BCUT2D eigenvalue weighted by molar-refractivity contribution is 7.99. The summed E-state index contributed by atoms with van der Waals surface area (Å²) in [7, 11) is 0. The fourth-order valence-electron chi connectivity index (χ4n) is 0.0456. The van der Waals surface area contributed by atoms with Gasteiger partial charge in [-0.15, -0.1) is 0 Å². The summed E-state index contributed by atoms with van der Waals surface area (Å²) in [4.78, 5) is 0. The van der Waals surface area contributed by atoms with Gasteiger partial charge >= 0.3 is 5.25 Å². The summed E-state index contributed by atoms with van der Waals surface area (Å²) in [5.74, 6) is 0. The molecule has 0 aromatic carbocycles. The van der Waals surface area contributed by atoms with Crippen molar-refractivity contribution < 1.29 is 8.78 Å². The van der Waals surface area contributed by atoms with E-state index in [1.165, 1.54) is 6.26 Å². The van der Waals surface area contributed by atoms with Gasteiger partial charge in [0.1, 0.15) is 0 Å². The minimum absolute atomic E-state index is 0.233. The maximum absolute atomic E-state index is 11.5. The van der Waals surface area contributed by atoms with Gasteiger partial charge in [-0.3, -0.25) is 0 Å². The molecule has 0 heterocycles. The zero-order valence-corrected chi connectivity index (χ0v) is 4.43. The predicted molar refractivity (Wildman–Crippen MR) is 24.1 cm³/mol. The molecule has 0 saturated carbocycles. The van der Waals surface area contributed by atoms with Gasteiger partial charge in [0.05, 0.1) is 0 Å². The molecule has 0 unspecified atom stereocenters. The number of rotatable bonds is 1. The van der Waals surface area contributed by atoms with E-state index in [9.17, 15) is 8.78 Å². The molecule has 1 nitrogen and oxygen atoms in total. The van der Waals surface area contributed by atoms with Crippen LogP contribution in [0.4, 0.5) is 8.78 Å². The highest BCUT2D eigenvalue weighted by Gasteiger charge is 2.25. The maximum Gasteiger partial charge on any atom is 0.379 e. The number of nitriles is 1. The van der Waals surface area contributed by atoms with E-state index < -0.39 is 5.25 Å². The van der Waals surface area contributed by atoms with Crippen molar-refractivity contribution in [1.82, 2.24) is 0 Å². The Kier molecular flexibility index (Phi) is 2.03. The molecule has 40 valence electrons. The lowest BCUT2D eigenvalue weighted by atomic mass is 10.8. The van der Waals surface area contributed by atoms with Gasteiger partial charge in [0.2, 0.25) is 0 Å². The average Bonchev–Trinajstić information content (AvgIpc) is 1.68. The van der Waals surface area contributed by atoms with Gasteiger partial charge in [0.15, 0.2) is 6.07 Å². The molecule has 0 spiro atoms. The monoisotopic (exact) mass is 123 g/mol. The molecule has 0 atom stereocenters. The van der Waals surface area contributed by atoms with Crippen LogP contribution in [-0.2, 0) is 0 Å². The molecule has 0 fully saturated rings. The van der Waals surface area contributed by atoms with E-state index >= 15 is 0 Å². The van der Waals surface area contributed by atoms with Gasteiger partial charge in [0, 0.05) is 0 Å². The first-order valence-corrected chi connectivity index (χ1v) is 2.69. The van der Waals surface area contributed by atoms with Crippen molar-refractivity contribution in [3.05, 3.63) is 0 Å². The number of nitrogens with zero attached hydrogens (tertiary/aromatic N) is 1. The van der Waals surface area contributed by atoms with Crippen LogP contribution < -0.4 is 0 Å². The topological polar surface area (TPSA) is 23.8 Å². The van der Waals surface area contributed by atoms with Crippen LogP contribution in [0.3, 0.4) is 0 Å². The minimum atomic E-state index is -3.19. The molecule has 0 aliphatic rings. The molecule has 0 aliphatic carbocycles. The fourth-order valence-corrected chi connectivity index (χ4v) is 0.137. The predicted octanol–water partition coefficient (Wildman–Crippen LogP) is 1.47. The van der Waals surface area contributed by atoms with Crippen molar-refractivity contribution in [2.24, 2.45) is 0 Å². The Morgan fingerprint density at radius 3 is 2.14 bits per heavy atom. The highest BCUT2D eigenvalue weighted by atomic mass is 32.2. The zero-order chi connectivity index (χ0) is 5.91. The van der Waals surface area contributed by atoms with Crippen LogP contribution in [-0.4, -0.2) is 11.5 Å². The van der Waals surface area contributed by atoms with Crippen LogP contribution >= 0.6 is 11.8 Å². The Labute approximate surface area is 44.3 Å². The quantitative estimate of drug-likeness (QED) is 0.527. The summed E-state index contributed by atoms with van der Waals surface area (Å²) in [6.45, 7) is 0. The van der Waals surface area contributed by atoms with E-state index in [4.69, 9.17) is 5.26 Å². The first kappa shape index (κ1) is 6.70.